The zero-order chi connectivity index (χ0) is 47.1. The van der Waals surface area contributed by atoms with E-state index in [0.29, 0.717) is 35.5 Å². The number of hydrogen-bond donors (Lipinski definition) is 2. The molecule has 2 rings (SSSR count). The molecule has 0 spiro atoms. The molecule has 0 aliphatic carbocycles. The Bertz CT molecular complexity index is 1550. The molecule has 6 heteroatoms. The molecule has 0 radical (unpaired) electrons. The van der Waals surface area contributed by atoms with Gasteiger partial charge in [0.05, 0.1) is 11.1 Å². The molecule has 0 aliphatic rings. The van der Waals surface area contributed by atoms with Crippen molar-refractivity contribution in [3.63, 3.8) is 0 Å². The Morgan fingerprint density at radius 2 is 0.692 bits per heavy atom. The molecule has 0 heterocycles. The fourth-order valence-corrected chi connectivity index (χ4v) is 8.77. The maximum absolute atomic E-state index is 12.1. The van der Waals surface area contributed by atoms with E-state index >= 15 is 0 Å². The van der Waals surface area contributed by atoms with Gasteiger partial charge in [-0.3, -0.25) is 0 Å². The van der Waals surface area contributed by atoms with Crippen molar-refractivity contribution in [2.75, 3.05) is 26.4 Å². The van der Waals surface area contributed by atoms with Gasteiger partial charge in [-0.05, 0) is 60.4 Å². The molecule has 0 aliphatic heterocycles. The van der Waals surface area contributed by atoms with Crippen LogP contribution >= 0.6 is 0 Å². The Morgan fingerprint density at radius 1 is 0.431 bits per heavy atom. The number of rotatable bonds is 40. The Hall–Kier alpha value is -3.58. The van der Waals surface area contributed by atoms with Gasteiger partial charge in [0.15, 0.2) is 0 Å². The maximum atomic E-state index is 12.1. The summed E-state index contributed by atoms with van der Waals surface area (Å²) in [6, 6.07) is 9.90. The van der Waals surface area contributed by atoms with Gasteiger partial charge < -0.3 is 19.7 Å². The molecule has 0 atom stereocenters. The summed E-state index contributed by atoms with van der Waals surface area (Å²) in [5, 5.41) is 19.8. The predicted molar refractivity (Wildman–Crippen MR) is 273 cm³/mol. The van der Waals surface area contributed by atoms with Gasteiger partial charge in [-0.1, -0.05) is 244 Å². The van der Waals surface area contributed by atoms with Crippen molar-refractivity contribution in [2.45, 2.75) is 239 Å². The third-order valence-corrected chi connectivity index (χ3v) is 13.0. The second-order valence-electron chi connectivity index (χ2n) is 19.1. The van der Waals surface area contributed by atoms with Crippen molar-refractivity contribution < 1.29 is 29.3 Å². The minimum absolute atomic E-state index is 0.142. The Kier molecular flexibility index (Phi) is 34.1. The summed E-state index contributed by atoms with van der Waals surface area (Å²) in [7, 11) is 0. The van der Waals surface area contributed by atoms with Crippen LogP contribution in [0, 0.1) is 23.7 Å². The van der Waals surface area contributed by atoms with Gasteiger partial charge in [0, 0.05) is 29.8 Å². The summed E-state index contributed by atoms with van der Waals surface area (Å²) < 4.78 is 11.8. The summed E-state index contributed by atoms with van der Waals surface area (Å²) in [6.07, 6.45) is 42.6. The highest BCUT2D eigenvalue weighted by Crippen LogP contribution is 2.37. The van der Waals surface area contributed by atoms with E-state index in [2.05, 4.69) is 37.5 Å². The molecule has 2 aromatic rings. The second-order valence-corrected chi connectivity index (χ2v) is 19.1. The molecule has 2 N–H and O–H groups in total. The van der Waals surface area contributed by atoms with E-state index in [0.717, 1.165) is 25.7 Å². The van der Waals surface area contributed by atoms with Crippen LogP contribution in [0.1, 0.15) is 276 Å². The fourth-order valence-electron chi connectivity index (χ4n) is 8.77. The van der Waals surface area contributed by atoms with E-state index in [-0.39, 0.29) is 24.3 Å². The van der Waals surface area contributed by atoms with Crippen LogP contribution in [0.2, 0.25) is 0 Å². The zero-order valence-electron chi connectivity index (χ0n) is 41.9. The molecular formula is C59H92O6. The number of aromatic carboxylic acids is 2. The first-order valence-corrected chi connectivity index (χ1v) is 26.6. The predicted octanol–water partition coefficient (Wildman–Crippen LogP) is 16.7. The maximum Gasteiger partial charge on any atom is 0.335 e. The molecule has 0 saturated carbocycles. The lowest BCUT2D eigenvalue weighted by molar-refractivity contribution is 0.0686. The molecule has 0 fully saturated rings. The third-order valence-electron chi connectivity index (χ3n) is 13.0. The first-order chi connectivity index (χ1) is 31.7. The van der Waals surface area contributed by atoms with E-state index in [9.17, 15) is 19.8 Å². The van der Waals surface area contributed by atoms with Crippen LogP contribution in [0.5, 0.6) is 0 Å². The fraction of sp³-hybridized carbons (Fsp3) is 0.695. The highest BCUT2D eigenvalue weighted by Gasteiger charge is 2.30. The van der Waals surface area contributed by atoms with E-state index in [4.69, 9.17) is 9.47 Å². The minimum atomic E-state index is -1.04. The Morgan fingerprint density at radius 3 is 0.954 bits per heavy atom. The molecule has 65 heavy (non-hydrogen) atoms. The summed E-state index contributed by atoms with van der Waals surface area (Å²) >= 11 is 0. The van der Waals surface area contributed by atoms with Crippen LogP contribution in [0.4, 0.5) is 0 Å². The van der Waals surface area contributed by atoms with Crippen LogP contribution in [0.25, 0.3) is 0 Å². The van der Waals surface area contributed by atoms with Gasteiger partial charge in [-0.25, -0.2) is 9.59 Å². The largest absolute Gasteiger partial charge is 0.478 e. The summed E-state index contributed by atoms with van der Waals surface area (Å²) in [4.78, 5) is 24.2. The van der Waals surface area contributed by atoms with Gasteiger partial charge in [-0.15, -0.1) is 0 Å². The van der Waals surface area contributed by atoms with Crippen LogP contribution in [-0.2, 0) is 14.9 Å². The number of carboxylic acids is 2. The number of carbonyl (C=O) groups is 2. The lowest BCUT2D eigenvalue weighted by Crippen LogP contribution is -2.23. The molecular weight excluding hydrogens is 805 g/mol. The van der Waals surface area contributed by atoms with Gasteiger partial charge >= 0.3 is 11.9 Å². The van der Waals surface area contributed by atoms with Crippen molar-refractivity contribution in [3.05, 3.63) is 69.8 Å². The van der Waals surface area contributed by atoms with E-state index in [1.165, 1.54) is 180 Å². The highest BCUT2D eigenvalue weighted by atomic mass is 16.5. The van der Waals surface area contributed by atoms with E-state index in [1.807, 2.05) is 13.8 Å². The number of unbranched alkanes of at least 4 members (excludes halogenated alkanes) is 30. The molecule has 0 saturated heterocycles. The lowest BCUT2D eigenvalue weighted by Gasteiger charge is -2.29. The average molecular weight is 897 g/mol. The molecule has 0 amide bonds. The summed E-state index contributed by atoms with van der Waals surface area (Å²) in [5.41, 5.74) is 2.18. The minimum Gasteiger partial charge on any atom is -0.478 e. The summed E-state index contributed by atoms with van der Waals surface area (Å²) in [6.45, 7) is 10.4. The van der Waals surface area contributed by atoms with E-state index in [1.54, 1.807) is 36.4 Å². The topological polar surface area (TPSA) is 93.1 Å². The van der Waals surface area contributed by atoms with Gasteiger partial charge in [0.2, 0.25) is 0 Å². The quantitative estimate of drug-likeness (QED) is 0.0511. The first-order valence-electron chi connectivity index (χ1n) is 26.6. The van der Waals surface area contributed by atoms with Crippen LogP contribution in [0.15, 0.2) is 36.4 Å². The second kappa shape index (κ2) is 38.5. The van der Waals surface area contributed by atoms with Crippen molar-refractivity contribution in [2.24, 2.45) is 0 Å². The normalized spacial score (nSPS) is 11.3. The van der Waals surface area contributed by atoms with Crippen molar-refractivity contribution >= 4 is 11.9 Å². The standard InChI is InChI=1S/C59H92O6/c1-5-7-9-11-13-15-17-19-21-23-25-27-29-31-33-35-45-64-47-37-39-51-41-43-53(57(60)61)49-55(51)59(3,4)56-50-54(58(62)63)44-42-52(56)40-38-48-65-46-36-34-32-30-28-26-24-22-20-18-16-14-12-10-8-6-2/h41-44,49-50H,5-36,45-48H2,1-4H3,(H,60,61)(H,62,63). The number of carboxylic acid groups (broad SMARTS) is 2. The van der Waals surface area contributed by atoms with Crippen molar-refractivity contribution in [3.8, 4) is 23.7 Å². The molecule has 364 valence electrons. The Labute approximate surface area is 398 Å². The van der Waals surface area contributed by atoms with Crippen LogP contribution in [-0.4, -0.2) is 48.6 Å². The monoisotopic (exact) mass is 897 g/mol. The average Bonchev–Trinajstić information content (AvgIpc) is 3.30. The molecule has 6 nitrogen and oxygen atoms in total. The van der Waals surface area contributed by atoms with Crippen LogP contribution < -0.4 is 0 Å². The van der Waals surface area contributed by atoms with Crippen molar-refractivity contribution in [1.29, 1.82) is 0 Å². The molecule has 0 unspecified atom stereocenters. The van der Waals surface area contributed by atoms with Gasteiger partial charge in [0.25, 0.3) is 0 Å². The highest BCUT2D eigenvalue weighted by molar-refractivity contribution is 5.89. The SMILES string of the molecule is CCCCCCCCCCCCCCCCCCOCC#Cc1ccc(C(=O)O)cc1C(C)(C)c1cc(C(=O)O)ccc1C#CCOCCCCCCCCCCCCCCCCCC. The molecule has 0 aromatic heterocycles. The van der Waals surface area contributed by atoms with Gasteiger partial charge in [0.1, 0.15) is 13.2 Å². The van der Waals surface area contributed by atoms with Crippen LogP contribution in [0.3, 0.4) is 0 Å². The van der Waals surface area contributed by atoms with Gasteiger partial charge in [-0.2, -0.15) is 0 Å². The molecule has 0 bridgehead atoms. The number of ether oxygens (including phenoxy) is 2. The Balaban J connectivity index is 1.80. The van der Waals surface area contributed by atoms with Crippen molar-refractivity contribution in [1.82, 2.24) is 0 Å². The lowest BCUT2D eigenvalue weighted by atomic mass is 9.73. The first kappa shape index (κ1) is 57.5. The number of hydrogen-bond acceptors (Lipinski definition) is 4. The summed E-state index contributed by atoms with van der Waals surface area (Å²) in [5.74, 6) is 10.7. The molecule has 2 aromatic carbocycles. The third kappa shape index (κ3) is 27.6. The zero-order valence-corrected chi connectivity index (χ0v) is 41.9. The smallest absolute Gasteiger partial charge is 0.335 e. The van der Waals surface area contributed by atoms with E-state index < -0.39 is 17.4 Å². The number of benzene rings is 2.